The molecule has 1 aliphatic rings. The van der Waals surface area contributed by atoms with Crippen molar-refractivity contribution in [2.45, 2.75) is 47.1 Å². The minimum atomic E-state index is -0.845. The Kier molecular flexibility index (Phi) is 6.02. The van der Waals surface area contributed by atoms with E-state index in [1.807, 2.05) is 19.1 Å². The molecule has 1 aliphatic heterocycles. The van der Waals surface area contributed by atoms with Gasteiger partial charge in [0.1, 0.15) is 5.75 Å². The molecule has 2 aromatic carbocycles. The van der Waals surface area contributed by atoms with E-state index < -0.39 is 29.1 Å². The molecular formula is C25H27NO5. The van der Waals surface area contributed by atoms with Crippen molar-refractivity contribution in [1.29, 1.82) is 0 Å². The molecule has 0 bridgehead atoms. The number of carbonyl (C=O) groups excluding carboxylic acids is 3. The van der Waals surface area contributed by atoms with Crippen molar-refractivity contribution in [1.82, 2.24) is 0 Å². The van der Waals surface area contributed by atoms with Gasteiger partial charge in [0.2, 0.25) is 0 Å². The van der Waals surface area contributed by atoms with Gasteiger partial charge in [-0.05, 0) is 41.8 Å². The fourth-order valence-electron chi connectivity index (χ4n) is 3.63. The van der Waals surface area contributed by atoms with E-state index in [0.29, 0.717) is 17.0 Å². The maximum atomic E-state index is 13.3. The third kappa shape index (κ3) is 4.38. The van der Waals surface area contributed by atoms with E-state index in [0.717, 1.165) is 12.0 Å². The Balaban J connectivity index is 2.18. The van der Waals surface area contributed by atoms with Gasteiger partial charge in [-0.2, -0.15) is 0 Å². The van der Waals surface area contributed by atoms with E-state index in [4.69, 9.17) is 4.74 Å². The SMILES string of the molecule is CCc1ccc(N2C(=O)C(O)=C(C(=O)C(C)(C)C)C2c2cccc(OC(C)=O)c2)cc1. The number of ketones is 1. The number of aliphatic hydroxyl groups is 1. The zero-order valence-electron chi connectivity index (χ0n) is 18.4. The second-order valence-corrected chi connectivity index (χ2v) is 8.61. The quantitative estimate of drug-likeness (QED) is 0.559. The molecule has 0 saturated carbocycles. The van der Waals surface area contributed by atoms with Crippen LogP contribution in [0.2, 0.25) is 0 Å². The number of benzene rings is 2. The molecule has 3 rings (SSSR count). The largest absolute Gasteiger partial charge is 0.503 e. The Morgan fingerprint density at radius 3 is 2.29 bits per heavy atom. The Morgan fingerprint density at radius 2 is 1.74 bits per heavy atom. The summed E-state index contributed by atoms with van der Waals surface area (Å²) >= 11 is 0. The number of hydrogen-bond acceptors (Lipinski definition) is 5. The number of rotatable bonds is 5. The molecule has 0 aliphatic carbocycles. The van der Waals surface area contributed by atoms with Crippen molar-refractivity contribution in [2.24, 2.45) is 5.41 Å². The molecule has 162 valence electrons. The van der Waals surface area contributed by atoms with E-state index in [-0.39, 0.29) is 11.4 Å². The van der Waals surface area contributed by atoms with Crippen LogP contribution in [0.1, 0.15) is 51.8 Å². The van der Waals surface area contributed by atoms with Gasteiger partial charge in [-0.25, -0.2) is 0 Å². The van der Waals surface area contributed by atoms with Crippen molar-refractivity contribution in [2.75, 3.05) is 4.90 Å². The number of ether oxygens (including phenoxy) is 1. The highest BCUT2D eigenvalue weighted by molar-refractivity contribution is 6.17. The van der Waals surface area contributed by atoms with Crippen LogP contribution in [0.3, 0.4) is 0 Å². The van der Waals surface area contributed by atoms with Crippen molar-refractivity contribution in [3.63, 3.8) is 0 Å². The normalized spacial score (nSPS) is 16.6. The summed E-state index contributed by atoms with van der Waals surface area (Å²) in [4.78, 5) is 39.2. The van der Waals surface area contributed by atoms with Gasteiger partial charge in [-0.1, -0.05) is 52.0 Å². The van der Waals surface area contributed by atoms with Gasteiger partial charge >= 0.3 is 5.97 Å². The zero-order valence-corrected chi connectivity index (χ0v) is 18.4. The number of Topliss-reactive ketones (excluding diaryl/α,β-unsaturated/α-hetero) is 1. The number of anilines is 1. The third-order valence-electron chi connectivity index (χ3n) is 5.19. The number of carbonyl (C=O) groups is 3. The van der Waals surface area contributed by atoms with Crippen molar-refractivity contribution in [3.8, 4) is 5.75 Å². The van der Waals surface area contributed by atoms with Gasteiger partial charge in [0.05, 0.1) is 11.6 Å². The zero-order chi connectivity index (χ0) is 22.9. The number of aliphatic hydroxyl groups excluding tert-OH is 1. The maximum Gasteiger partial charge on any atom is 0.308 e. The lowest BCUT2D eigenvalue weighted by Gasteiger charge is -2.29. The molecule has 2 aromatic rings. The standard InChI is InChI=1S/C25H27NO5/c1-6-16-10-12-18(13-11-16)26-21(17-8-7-9-19(14-17)31-15(2)27)20(22(28)24(26)30)23(29)25(3,4)5/h7-14,21,28H,6H2,1-5H3. The first-order chi connectivity index (χ1) is 14.5. The lowest BCUT2D eigenvalue weighted by atomic mass is 9.82. The Bertz CT molecular complexity index is 1060. The minimum Gasteiger partial charge on any atom is -0.503 e. The molecule has 0 aromatic heterocycles. The summed E-state index contributed by atoms with van der Waals surface area (Å²) in [5, 5.41) is 10.8. The topological polar surface area (TPSA) is 83.9 Å². The van der Waals surface area contributed by atoms with Crippen LogP contribution >= 0.6 is 0 Å². The monoisotopic (exact) mass is 421 g/mol. The van der Waals surface area contributed by atoms with Crippen LogP contribution in [-0.2, 0) is 20.8 Å². The fraction of sp³-hybridized carbons (Fsp3) is 0.320. The predicted molar refractivity (Wildman–Crippen MR) is 118 cm³/mol. The van der Waals surface area contributed by atoms with Crippen LogP contribution in [-0.4, -0.2) is 22.8 Å². The summed E-state index contributed by atoms with van der Waals surface area (Å²) in [6.45, 7) is 8.56. The number of hydrogen-bond donors (Lipinski definition) is 1. The summed E-state index contributed by atoms with van der Waals surface area (Å²) in [7, 11) is 0. The van der Waals surface area contributed by atoms with E-state index in [1.54, 1.807) is 57.2 Å². The number of amides is 1. The molecule has 1 unspecified atom stereocenters. The van der Waals surface area contributed by atoms with Gasteiger partial charge in [-0.15, -0.1) is 0 Å². The van der Waals surface area contributed by atoms with Crippen molar-refractivity contribution >= 4 is 23.3 Å². The summed E-state index contributed by atoms with van der Waals surface area (Å²) < 4.78 is 5.20. The molecule has 0 radical (unpaired) electrons. The molecule has 6 nitrogen and oxygen atoms in total. The van der Waals surface area contributed by atoms with Crippen LogP contribution < -0.4 is 9.64 Å². The van der Waals surface area contributed by atoms with Crippen LogP contribution in [0, 0.1) is 5.41 Å². The Morgan fingerprint density at radius 1 is 1.10 bits per heavy atom. The van der Waals surface area contributed by atoms with Crippen molar-refractivity contribution in [3.05, 3.63) is 71.0 Å². The first kappa shape index (κ1) is 22.3. The second-order valence-electron chi connectivity index (χ2n) is 8.61. The summed E-state index contributed by atoms with van der Waals surface area (Å²) in [6, 6.07) is 13.2. The van der Waals surface area contributed by atoms with E-state index >= 15 is 0 Å². The molecule has 6 heteroatoms. The van der Waals surface area contributed by atoms with Crippen LogP contribution in [0.5, 0.6) is 5.75 Å². The Hall–Kier alpha value is -3.41. The second kappa shape index (κ2) is 8.38. The number of nitrogens with zero attached hydrogens (tertiary/aromatic N) is 1. The van der Waals surface area contributed by atoms with Crippen LogP contribution in [0.4, 0.5) is 5.69 Å². The predicted octanol–water partition coefficient (Wildman–Crippen LogP) is 4.69. The molecule has 1 atom stereocenters. The molecule has 0 fully saturated rings. The summed E-state index contributed by atoms with van der Waals surface area (Å²) in [5.74, 6) is -1.69. The van der Waals surface area contributed by atoms with Gasteiger partial charge < -0.3 is 9.84 Å². The van der Waals surface area contributed by atoms with Gasteiger partial charge in [-0.3, -0.25) is 19.3 Å². The molecule has 1 N–H and O–H groups in total. The average Bonchev–Trinajstić information content (AvgIpc) is 2.97. The summed E-state index contributed by atoms with van der Waals surface area (Å²) in [6.07, 6.45) is 0.847. The first-order valence-electron chi connectivity index (χ1n) is 10.2. The van der Waals surface area contributed by atoms with Crippen LogP contribution in [0.25, 0.3) is 0 Å². The molecule has 31 heavy (non-hydrogen) atoms. The highest BCUT2D eigenvalue weighted by atomic mass is 16.5. The van der Waals surface area contributed by atoms with E-state index in [2.05, 4.69) is 0 Å². The number of aryl methyl sites for hydroxylation is 1. The fourth-order valence-corrected chi connectivity index (χ4v) is 3.63. The van der Waals surface area contributed by atoms with E-state index in [1.165, 1.54) is 11.8 Å². The lowest BCUT2D eigenvalue weighted by molar-refractivity contribution is -0.132. The van der Waals surface area contributed by atoms with E-state index in [9.17, 15) is 19.5 Å². The smallest absolute Gasteiger partial charge is 0.308 e. The first-order valence-corrected chi connectivity index (χ1v) is 10.2. The average molecular weight is 421 g/mol. The molecule has 1 heterocycles. The molecule has 0 spiro atoms. The van der Waals surface area contributed by atoms with Gasteiger partial charge in [0, 0.05) is 18.0 Å². The molecule has 0 saturated heterocycles. The minimum absolute atomic E-state index is 0.0389. The highest BCUT2D eigenvalue weighted by Crippen LogP contribution is 2.44. The highest BCUT2D eigenvalue weighted by Gasteiger charge is 2.46. The van der Waals surface area contributed by atoms with Gasteiger partial charge in [0.15, 0.2) is 11.5 Å². The number of esters is 1. The third-order valence-corrected chi connectivity index (χ3v) is 5.19. The summed E-state index contributed by atoms with van der Waals surface area (Å²) in [5.41, 5.74) is 1.46. The lowest BCUT2D eigenvalue weighted by Crippen LogP contribution is -2.32. The van der Waals surface area contributed by atoms with Gasteiger partial charge in [0.25, 0.3) is 5.91 Å². The Labute approximate surface area is 182 Å². The molecule has 1 amide bonds. The molecular weight excluding hydrogens is 394 g/mol. The van der Waals surface area contributed by atoms with Crippen molar-refractivity contribution < 1.29 is 24.2 Å². The maximum absolute atomic E-state index is 13.3. The van der Waals surface area contributed by atoms with Crippen LogP contribution in [0.15, 0.2) is 59.9 Å².